The van der Waals surface area contributed by atoms with Gasteiger partial charge in [-0.25, -0.2) is 8.78 Å². The van der Waals surface area contributed by atoms with Crippen LogP contribution in [0.2, 0.25) is 0 Å². The summed E-state index contributed by atoms with van der Waals surface area (Å²) >= 11 is 0. The van der Waals surface area contributed by atoms with E-state index >= 15 is 0 Å². The molecular weight excluding hydrogens is 350 g/mol. The van der Waals surface area contributed by atoms with E-state index in [1.807, 2.05) is 24.3 Å². The highest BCUT2D eigenvalue weighted by atomic mass is 19.1. The third kappa shape index (κ3) is 5.22. The minimum Gasteiger partial charge on any atom is -0.205 e. The van der Waals surface area contributed by atoms with Crippen molar-refractivity contribution in [1.29, 1.82) is 0 Å². The second-order valence-corrected chi connectivity index (χ2v) is 8.01. The van der Waals surface area contributed by atoms with E-state index in [0.29, 0.717) is 5.56 Å². The molecule has 0 saturated heterocycles. The molecule has 0 nitrogen and oxygen atoms in total. The van der Waals surface area contributed by atoms with Gasteiger partial charge in [0.2, 0.25) is 0 Å². The maximum Gasteiger partial charge on any atom is 0.142 e. The van der Waals surface area contributed by atoms with Crippen LogP contribution in [0, 0.1) is 35.3 Å². The van der Waals surface area contributed by atoms with E-state index in [-0.39, 0.29) is 11.5 Å². The van der Waals surface area contributed by atoms with Crippen LogP contribution in [0.15, 0.2) is 36.4 Å². The number of halogens is 2. The Morgan fingerprint density at radius 3 is 2.11 bits per heavy atom. The van der Waals surface area contributed by atoms with Gasteiger partial charge in [-0.2, -0.15) is 0 Å². The zero-order chi connectivity index (χ0) is 19.9. The molecule has 0 unspecified atom stereocenters. The molecule has 1 aliphatic carbocycles. The average molecular weight is 381 g/mol. The third-order valence-corrected chi connectivity index (χ3v) is 5.97. The maximum atomic E-state index is 14.6. The Bertz CT molecular complexity index is 808. The zero-order valence-electron chi connectivity index (χ0n) is 17.0. The topological polar surface area (TPSA) is 0 Å². The monoisotopic (exact) mass is 380 g/mol. The summed E-state index contributed by atoms with van der Waals surface area (Å²) in [7, 11) is 0. The molecule has 1 aliphatic rings. The number of rotatable bonds is 5. The number of aryl methyl sites for hydroxylation is 1. The van der Waals surface area contributed by atoms with Gasteiger partial charge in [-0.05, 0) is 73.3 Å². The first kappa shape index (κ1) is 20.6. The Kier molecular flexibility index (Phi) is 7.26. The molecule has 0 radical (unpaired) electrons. The Morgan fingerprint density at radius 1 is 0.893 bits per heavy atom. The van der Waals surface area contributed by atoms with E-state index in [2.05, 4.69) is 25.7 Å². The molecule has 1 saturated carbocycles. The lowest BCUT2D eigenvalue weighted by molar-refractivity contribution is 0.309. The Morgan fingerprint density at radius 2 is 1.54 bits per heavy atom. The molecule has 0 heterocycles. The molecule has 2 aromatic rings. The second kappa shape index (κ2) is 9.87. The second-order valence-electron chi connectivity index (χ2n) is 8.01. The van der Waals surface area contributed by atoms with Crippen molar-refractivity contribution in [3.8, 4) is 23.0 Å². The first-order valence-electron chi connectivity index (χ1n) is 10.7. The summed E-state index contributed by atoms with van der Waals surface area (Å²) in [4.78, 5) is 0. The summed E-state index contributed by atoms with van der Waals surface area (Å²) in [6.07, 6.45) is 8.98. The molecule has 2 aromatic carbocycles. The van der Waals surface area contributed by atoms with Gasteiger partial charge in [0.05, 0.1) is 5.56 Å². The summed E-state index contributed by atoms with van der Waals surface area (Å²) in [5, 5.41) is 0. The zero-order valence-corrected chi connectivity index (χ0v) is 17.0. The van der Waals surface area contributed by atoms with Crippen LogP contribution >= 0.6 is 0 Å². The highest BCUT2D eigenvalue weighted by molar-refractivity contribution is 5.65. The summed E-state index contributed by atoms with van der Waals surface area (Å²) in [6, 6.07) is 10.8. The molecule has 0 aromatic heterocycles. The van der Waals surface area contributed by atoms with Gasteiger partial charge >= 0.3 is 0 Å². The van der Waals surface area contributed by atoms with Crippen LogP contribution < -0.4 is 0 Å². The van der Waals surface area contributed by atoms with Crippen molar-refractivity contribution in [2.75, 3.05) is 0 Å². The Balaban J connectivity index is 1.74. The molecule has 0 amide bonds. The standard InChI is InChI=1S/C26H30F2/c1-3-5-6-20-11-14-22(15-12-20)23-17-25(27)24(26(28)18-23)16-13-21-9-7-19(4-2)8-10-21/h11-12,14-15,17-19,21H,3-10H2,1-2H3/t19-,21-. The molecule has 3 rings (SSSR count). The Labute approximate surface area is 168 Å². The van der Waals surface area contributed by atoms with Crippen LogP contribution in [-0.4, -0.2) is 0 Å². The molecule has 148 valence electrons. The van der Waals surface area contributed by atoms with Crippen molar-refractivity contribution in [3.05, 3.63) is 59.2 Å². The number of hydrogen-bond donors (Lipinski definition) is 0. The predicted octanol–water partition coefficient (Wildman–Crippen LogP) is 7.54. The van der Waals surface area contributed by atoms with E-state index in [9.17, 15) is 8.78 Å². The van der Waals surface area contributed by atoms with Crippen LogP contribution in [0.25, 0.3) is 11.1 Å². The van der Waals surface area contributed by atoms with E-state index < -0.39 is 11.6 Å². The lowest BCUT2D eigenvalue weighted by Gasteiger charge is -2.24. The first-order valence-corrected chi connectivity index (χ1v) is 10.7. The highest BCUT2D eigenvalue weighted by Gasteiger charge is 2.18. The molecule has 28 heavy (non-hydrogen) atoms. The van der Waals surface area contributed by atoms with E-state index in [1.165, 1.54) is 37.0 Å². The predicted molar refractivity (Wildman–Crippen MR) is 113 cm³/mol. The molecule has 1 fully saturated rings. The molecule has 0 aliphatic heterocycles. The largest absolute Gasteiger partial charge is 0.205 e. The van der Waals surface area contributed by atoms with Crippen LogP contribution in [0.4, 0.5) is 8.78 Å². The van der Waals surface area contributed by atoms with Crippen LogP contribution in [0.3, 0.4) is 0 Å². The third-order valence-electron chi connectivity index (χ3n) is 5.97. The van der Waals surface area contributed by atoms with Crippen LogP contribution in [0.5, 0.6) is 0 Å². The summed E-state index contributed by atoms with van der Waals surface area (Å²) in [5.41, 5.74) is 2.55. The molecular formula is C26H30F2. The smallest absolute Gasteiger partial charge is 0.142 e. The number of hydrogen-bond acceptors (Lipinski definition) is 0. The molecule has 0 spiro atoms. The quantitative estimate of drug-likeness (QED) is 0.470. The maximum absolute atomic E-state index is 14.6. The summed E-state index contributed by atoms with van der Waals surface area (Å²) in [6.45, 7) is 4.39. The Hall–Kier alpha value is -2.14. The molecule has 0 atom stereocenters. The fraction of sp³-hybridized carbons (Fsp3) is 0.462. The minimum atomic E-state index is -0.570. The normalized spacial score (nSPS) is 19.1. The van der Waals surface area contributed by atoms with Crippen molar-refractivity contribution in [1.82, 2.24) is 0 Å². The van der Waals surface area contributed by atoms with Gasteiger partial charge in [-0.3, -0.25) is 0 Å². The SMILES string of the molecule is CCCCc1ccc(-c2cc(F)c(C#C[C@H]3CC[C@H](CC)CC3)c(F)c2)cc1. The van der Waals surface area contributed by atoms with Gasteiger partial charge in [0.1, 0.15) is 11.6 Å². The fourth-order valence-corrected chi connectivity index (χ4v) is 3.99. The molecule has 0 N–H and O–H groups in total. The summed E-state index contributed by atoms with van der Waals surface area (Å²) < 4.78 is 29.1. The van der Waals surface area contributed by atoms with Gasteiger partial charge in [0.15, 0.2) is 0 Å². The van der Waals surface area contributed by atoms with E-state index in [0.717, 1.165) is 43.6 Å². The lowest BCUT2D eigenvalue weighted by Crippen LogP contribution is -2.12. The number of benzene rings is 2. The van der Waals surface area contributed by atoms with Gasteiger partial charge in [0.25, 0.3) is 0 Å². The molecule has 2 heteroatoms. The minimum absolute atomic E-state index is 0.0964. The van der Waals surface area contributed by atoms with Gasteiger partial charge < -0.3 is 0 Å². The van der Waals surface area contributed by atoms with Crippen molar-refractivity contribution in [3.63, 3.8) is 0 Å². The van der Waals surface area contributed by atoms with Crippen molar-refractivity contribution < 1.29 is 8.78 Å². The van der Waals surface area contributed by atoms with Crippen molar-refractivity contribution in [2.24, 2.45) is 11.8 Å². The van der Waals surface area contributed by atoms with Crippen LogP contribution in [-0.2, 0) is 6.42 Å². The lowest BCUT2D eigenvalue weighted by atomic mass is 9.81. The van der Waals surface area contributed by atoms with Crippen molar-refractivity contribution >= 4 is 0 Å². The van der Waals surface area contributed by atoms with E-state index in [4.69, 9.17) is 0 Å². The van der Waals surface area contributed by atoms with Crippen LogP contribution in [0.1, 0.15) is 69.9 Å². The fourth-order valence-electron chi connectivity index (χ4n) is 3.99. The molecule has 0 bridgehead atoms. The van der Waals surface area contributed by atoms with Gasteiger partial charge in [-0.15, -0.1) is 0 Å². The first-order chi connectivity index (χ1) is 13.6. The average Bonchev–Trinajstić information content (AvgIpc) is 2.72. The van der Waals surface area contributed by atoms with E-state index in [1.54, 1.807) is 0 Å². The van der Waals surface area contributed by atoms with Gasteiger partial charge in [0, 0.05) is 5.92 Å². The number of unbranched alkanes of at least 4 members (excludes halogenated alkanes) is 1. The van der Waals surface area contributed by atoms with Gasteiger partial charge in [-0.1, -0.05) is 62.8 Å². The summed E-state index contributed by atoms with van der Waals surface area (Å²) in [5.74, 6) is 5.83. The van der Waals surface area contributed by atoms with Crippen molar-refractivity contribution in [2.45, 2.75) is 65.2 Å². The highest BCUT2D eigenvalue weighted by Crippen LogP contribution is 2.30.